The predicted molar refractivity (Wildman–Crippen MR) is 96.4 cm³/mol. The first kappa shape index (κ1) is 17.5. The molecule has 1 amide bonds. The molecule has 1 aromatic heterocycles. The van der Waals surface area contributed by atoms with Crippen molar-refractivity contribution >= 4 is 17.7 Å². The molecule has 1 aromatic carbocycles. The number of carbonyl (C=O) groups excluding carboxylic acids is 1. The molecule has 1 saturated carbocycles. The maximum absolute atomic E-state index is 12.3. The molecular formula is C18H21N5OS. The van der Waals surface area contributed by atoms with E-state index in [1.807, 2.05) is 42.7 Å². The van der Waals surface area contributed by atoms with Crippen LogP contribution in [0.4, 0.5) is 0 Å². The zero-order chi connectivity index (χ0) is 18.0. The molecule has 6 nitrogen and oxygen atoms in total. The summed E-state index contributed by atoms with van der Waals surface area (Å²) in [5.41, 5.74) is 1.38. The minimum atomic E-state index is -0.766. The number of hydrogen-bond acceptors (Lipinski definition) is 5. The monoisotopic (exact) mass is 355 g/mol. The lowest BCUT2D eigenvalue weighted by atomic mass is 9.98. The Bertz CT molecular complexity index is 819. The first-order valence-electron chi connectivity index (χ1n) is 8.27. The smallest absolute Gasteiger partial charge is 0.231 e. The van der Waals surface area contributed by atoms with Crippen LogP contribution < -0.4 is 5.32 Å². The fraction of sp³-hybridized carbons (Fsp3) is 0.444. The molecule has 7 heteroatoms. The number of carbonyl (C=O) groups is 1. The average Bonchev–Trinajstić information content (AvgIpc) is 3.39. The predicted octanol–water partition coefficient (Wildman–Crippen LogP) is 2.78. The van der Waals surface area contributed by atoms with Gasteiger partial charge in [0.1, 0.15) is 11.4 Å². The van der Waals surface area contributed by atoms with Crippen molar-refractivity contribution in [2.45, 2.75) is 44.3 Å². The molecule has 1 atom stereocenters. The summed E-state index contributed by atoms with van der Waals surface area (Å²) in [5.74, 6) is 1.09. The van der Waals surface area contributed by atoms with Gasteiger partial charge in [-0.15, -0.1) is 10.2 Å². The largest absolute Gasteiger partial charge is 0.337 e. The third-order valence-electron chi connectivity index (χ3n) is 4.44. The van der Waals surface area contributed by atoms with E-state index < -0.39 is 5.54 Å². The number of benzene rings is 1. The normalized spacial score (nSPS) is 16.1. The fourth-order valence-electron chi connectivity index (χ4n) is 2.77. The number of aromatic nitrogens is 3. The summed E-state index contributed by atoms with van der Waals surface area (Å²) in [5, 5.41) is 21.2. The van der Waals surface area contributed by atoms with Crippen molar-refractivity contribution in [3.63, 3.8) is 0 Å². The molecule has 0 saturated heterocycles. The summed E-state index contributed by atoms with van der Waals surface area (Å²) in [6.07, 6.45) is 2.00. The summed E-state index contributed by atoms with van der Waals surface area (Å²) >= 11 is 1.33. The van der Waals surface area contributed by atoms with Crippen LogP contribution in [0.15, 0.2) is 29.4 Å². The number of nitriles is 1. The Hall–Kier alpha value is -2.33. The molecule has 2 aromatic rings. The molecule has 25 heavy (non-hydrogen) atoms. The second-order valence-corrected chi connectivity index (χ2v) is 7.57. The SMILES string of the molecule is Cc1ccc(-n2c(C)nnc2SCC(=O)NC(C)(C#N)C2CC2)cc1. The third kappa shape index (κ3) is 3.85. The summed E-state index contributed by atoms with van der Waals surface area (Å²) in [4.78, 5) is 12.3. The molecule has 0 bridgehead atoms. The van der Waals surface area contributed by atoms with Crippen molar-refractivity contribution in [1.82, 2.24) is 20.1 Å². The molecule has 0 spiro atoms. The number of nitrogens with zero attached hydrogens (tertiary/aromatic N) is 4. The van der Waals surface area contributed by atoms with Crippen molar-refractivity contribution in [2.24, 2.45) is 5.92 Å². The lowest BCUT2D eigenvalue weighted by Gasteiger charge is -2.22. The molecule has 1 unspecified atom stereocenters. The van der Waals surface area contributed by atoms with Crippen molar-refractivity contribution < 1.29 is 4.79 Å². The Morgan fingerprint density at radius 2 is 2.04 bits per heavy atom. The minimum absolute atomic E-state index is 0.156. The maximum Gasteiger partial charge on any atom is 0.231 e. The zero-order valence-corrected chi connectivity index (χ0v) is 15.4. The van der Waals surface area contributed by atoms with Crippen LogP contribution in [0.1, 0.15) is 31.2 Å². The Kier molecular flexibility index (Phi) is 4.82. The van der Waals surface area contributed by atoms with E-state index in [1.165, 1.54) is 17.3 Å². The molecule has 0 aliphatic heterocycles. The van der Waals surface area contributed by atoms with Crippen LogP contribution in [0.5, 0.6) is 0 Å². The van der Waals surface area contributed by atoms with Crippen molar-refractivity contribution in [3.8, 4) is 11.8 Å². The van der Waals surface area contributed by atoms with Gasteiger partial charge in [-0.3, -0.25) is 9.36 Å². The highest BCUT2D eigenvalue weighted by Gasteiger charge is 2.42. The van der Waals surface area contributed by atoms with Crippen LogP contribution in [0.25, 0.3) is 5.69 Å². The summed E-state index contributed by atoms with van der Waals surface area (Å²) in [6, 6.07) is 10.3. The van der Waals surface area contributed by atoms with Crippen molar-refractivity contribution in [3.05, 3.63) is 35.7 Å². The molecule has 130 valence electrons. The van der Waals surface area contributed by atoms with Gasteiger partial charge in [-0.25, -0.2) is 0 Å². The summed E-state index contributed by atoms with van der Waals surface area (Å²) < 4.78 is 1.93. The summed E-state index contributed by atoms with van der Waals surface area (Å²) in [6.45, 7) is 5.72. The number of hydrogen-bond donors (Lipinski definition) is 1. The Morgan fingerprint density at radius 3 is 2.64 bits per heavy atom. The van der Waals surface area contributed by atoms with Crippen LogP contribution in [0.3, 0.4) is 0 Å². The molecule has 0 radical (unpaired) electrons. The van der Waals surface area contributed by atoms with Crippen LogP contribution in [-0.2, 0) is 4.79 Å². The zero-order valence-electron chi connectivity index (χ0n) is 14.6. The lowest BCUT2D eigenvalue weighted by Crippen LogP contribution is -2.47. The van der Waals surface area contributed by atoms with Crippen LogP contribution in [0.2, 0.25) is 0 Å². The van der Waals surface area contributed by atoms with E-state index >= 15 is 0 Å². The first-order valence-corrected chi connectivity index (χ1v) is 9.25. The highest BCUT2D eigenvalue weighted by Crippen LogP contribution is 2.39. The van der Waals surface area contributed by atoms with Gasteiger partial charge in [-0.2, -0.15) is 5.26 Å². The quantitative estimate of drug-likeness (QED) is 0.806. The van der Waals surface area contributed by atoms with E-state index in [0.29, 0.717) is 5.16 Å². The van der Waals surface area contributed by atoms with Gasteiger partial charge >= 0.3 is 0 Å². The number of thioether (sulfide) groups is 1. The fourth-order valence-corrected chi connectivity index (χ4v) is 3.56. The van der Waals surface area contributed by atoms with Crippen LogP contribution in [0, 0.1) is 31.1 Å². The maximum atomic E-state index is 12.3. The van der Waals surface area contributed by atoms with Crippen molar-refractivity contribution in [2.75, 3.05) is 5.75 Å². The van der Waals surface area contributed by atoms with Gasteiger partial charge < -0.3 is 5.32 Å². The molecule has 1 fully saturated rings. The molecule has 1 heterocycles. The van der Waals surface area contributed by atoms with Gasteiger partial charge in [0, 0.05) is 5.69 Å². The molecule has 3 rings (SSSR count). The highest BCUT2D eigenvalue weighted by molar-refractivity contribution is 7.99. The topological polar surface area (TPSA) is 83.6 Å². The van der Waals surface area contributed by atoms with E-state index in [4.69, 9.17) is 0 Å². The van der Waals surface area contributed by atoms with Gasteiger partial charge in [0.05, 0.1) is 11.8 Å². The number of nitrogens with one attached hydrogen (secondary N) is 1. The number of aryl methyl sites for hydroxylation is 2. The number of rotatable bonds is 6. The van der Waals surface area contributed by atoms with E-state index in [2.05, 4.69) is 21.6 Å². The lowest BCUT2D eigenvalue weighted by molar-refractivity contribution is -0.119. The highest BCUT2D eigenvalue weighted by atomic mass is 32.2. The second kappa shape index (κ2) is 6.89. The minimum Gasteiger partial charge on any atom is -0.337 e. The Labute approximate surface area is 151 Å². The molecule has 1 aliphatic rings. The first-order chi connectivity index (χ1) is 11.9. The standard InChI is InChI=1S/C18H21N5OS/c1-12-4-8-15(9-5-12)23-13(2)21-22-17(23)25-10-16(24)20-18(3,11-19)14-6-7-14/h4-5,8-9,14H,6-7,10H2,1-3H3,(H,20,24). The number of amides is 1. The van der Waals surface area contributed by atoms with E-state index in [-0.39, 0.29) is 17.6 Å². The van der Waals surface area contributed by atoms with Gasteiger partial charge in [0.15, 0.2) is 5.16 Å². The van der Waals surface area contributed by atoms with E-state index in [9.17, 15) is 10.1 Å². The Morgan fingerprint density at radius 1 is 1.36 bits per heavy atom. The summed E-state index contributed by atoms with van der Waals surface area (Å²) in [7, 11) is 0. The average molecular weight is 355 g/mol. The van der Waals surface area contributed by atoms with Gasteiger partial charge in [0.2, 0.25) is 5.91 Å². The second-order valence-electron chi connectivity index (χ2n) is 6.63. The van der Waals surface area contributed by atoms with Crippen molar-refractivity contribution in [1.29, 1.82) is 5.26 Å². The van der Waals surface area contributed by atoms with Gasteiger partial charge in [-0.1, -0.05) is 29.5 Å². The van der Waals surface area contributed by atoms with Gasteiger partial charge in [-0.05, 0) is 51.7 Å². The van der Waals surface area contributed by atoms with E-state index in [0.717, 1.165) is 24.4 Å². The third-order valence-corrected chi connectivity index (χ3v) is 5.37. The van der Waals surface area contributed by atoms with Gasteiger partial charge in [0.25, 0.3) is 0 Å². The van der Waals surface area contributed by atoms with Crippen LogP contribution >= 0.6 is 11.8 Å². The molecular weight excluding hydrogens is 334 g/mol. The Balaban J connectivity index is 1.69. The molecule has 1 aliphatic carbocycles. The molecule has 1 N–H and O–H groups in total. The van der Waals surface area contributed by atoms with E-state index in [1.54, 1.807) is 6.92 Å². The van der Waals surface area contributed by atoms with Crippen LogP contribution in [-0.4, -0.2) is 32.0 Å².